The van der Waals surface area contributed by atoms with E-state index >= 15 is 0 Å². The SMILES string of the molecule is NC[C@H]1CC[C@@H](C(=O)N2CC(C(N)=O)Cc3ccccc32)O1. The molecule has 3 atom stereocenters. The van der Waals surface area contributed by atoms with Crippen molar-refractivity contribution in [2.45, 2.75) is 31.5 Å². The quantitative estimate of drug-likeness (QED) is 0.832. The van der Waals surface area contributed by atoms with Crippen LogP contribution in [0.25, 0.3) is 0 Å². The molecule has 6 nitrogen and oxygen atoms in total. The van der Waals surface area contributed by atoms with E-state index in [1.807, 2.05) is 24.3 Å². The third-order valence-electron chi connectivity index (χ3n) is 4.47. The molecule has 2 amide bonds. The van der Waals surface area contributed by atoms with Gasteiger partial charge < -0.3 is 21.1 Å². The zero-order chi connectivity index (χ0) is 15.7. The van der Waals surface area contributed by atoms with Crippen molar-refractivity contribution in [3.05, 3.63) is 29.8 Å². The van der Waals surface area contributed by atoms with Gasteiger partial charge in [-0.25, -0.2) is 0 Å². The Labute approximate surface area is 129 Å². The lowest BCUT2D eigenvalue weighted by molar-refractivity contribution is -0.129. The van der Waals surface area contributed by atoms with E-state index in [2.05, 4.69) is 0 Å². The zero-order valence-corrected chi connectivity index (χ0v) is 12.4. The first kappa shape index (κ1) is 15.0. The minimum atomic E-state index is -0.478. The Morgan fingerprint density at radius 1 is 1.27 bits per heavy atom. The molecule has 2 aliphatic heterocycles. The van der Waals surface area contributed by atoms with Gasteiger partial charge in [0.05, 0.1) is 12.0 Å². The first-order valence-corrected chi connectivity index (χ1v) is 7.64. The molecule has 118 valence electrons. The van der Waals surface area contributed by atoms with Gasteiger partial charge in [0.15, 0.2) is 0 Å². The van der Waals surface area contributed by atoms with Crippen LogP contribution in [0, 0.1) is 5.92 Å². The minimum absolute atomic E-state index is 0.0547. The number of nitrogens with two attached hydrogens (primary N) is 2. The van der Waals surface area contributed by atoms with Gasteiger partial charge in [0.25, 0.3) is 5.91 Å². The number of hydrogen-bond acceptors (Lipinski definition) is 4. The Morgan fingerprint density at radius 3 is 2.73 bits per heavy atom. The Balaban J connectivity index is 1.85. The number of para-hydroxylation sites is 1. The highest BCUT2D eigenvalue weighted by Gasteiger charge is 2.37. The van der Waals surface area contributed by atoms with Crippen LogP contribution in [0.3, 0.4) is 0 Å². The molecule has 2 heterocycles. The Morgan fingerprint density at radius 2 is 2.05 bits per heavy atom. The molecule has 0 saturated carbocycles. The van der Waals surface area contributed by atoms with Crippen LogP contribution in [-0.2, 0) is 20.7 Å². The second-order valence-corrected chi connectivity index (χ2v) is 5.94. The summed E-state index contributed by atoms with van der Waals surface area (Å²) in [6.07, 6.45) is 1.50. The van der Waals surface area contributed by atoms with Crippen molar-refractivity contribution >= 4 is 17.5 Å². The first-order chi connectivity index (χ1) is 10.6. The highest BCUT2D eigenvalue weighted by molar-refractivity contribution is 5.99. The standard InChI is InChI=1S/C16H21N3O3/c17-8-12-5-6-14(22-12)16(21)19-9-11(15(18)20)7-10-3-1-2-4-13(10)19/h1-4,11-12,14H,5-9,17H2,(H2,18,20)/t11?,12-,14+/m1/s1. The second kappa shape index (κ2) is 6.06. The summed E-state index contributed by atoms with van der Waals surface area (Å²) in [7, 11) is 0. The molecule has 3 rings (SSSR count). The fourth-order valence-corrected chi connectivity index (χ4v) is 3.23. The van der Waals surface area contributed by atoms with Crippen LogP contribution in [0.15, 0.2) is 24.3 Å². The molecular weight excluding hydrogens is 282 g/mol. The van der Waals surface area contributed by atoms with E-state index in [4.69, 9.17) is 16.2 Å². The molecule has 6 heteroatoms. The third-order valence-corrected chi connectivity index (χ3v) is 4.47. The number of ether oxygens (including phenoxy) is 1. The first-order valence-electron chi connectivity index (χ1n) is 7.64. The predicted molar refractivity (Wildman–Crippen MR) is 82.1 cm³/mol. The molecule has 2 aliphatic rings. The highest BCUT2D eigenvalue weighted by atomic mass is 16.5. The second-order valence-electron chi connectivity index (χ2n) is 5.94. The van der Waals surface area contributed by atoms with E-state index < -0.39 is 6.10 Å². The summed E-state index contributed by atoms with van der Waals surface area (Å²) in [4.78, 5) is 26.0. The maximum Gasteiger partial charge on any atom is 0.256 e. The predicted octanol–water partition coefficient (Wildman–Crippen LogP) is 0.183. The molecule has 1 unspecified atom stereocenters. The number of primary amides is 1. The maximum atomic E-state index is 12.8. The lowest BCUT2D eigenvalue weighted by atomic mass is 9.91. The molecule has 1 saturated heterocycles. The molecule has 22 heavy (non-hydrogen) atoms. The van der Waals surface area contributed by atoms with Gasteiger partial charge in [-0.05, 0) is 30.9 Å². The number of anilines is 1. The number of fused-ring (bicyclic) bond motifs is 1. The number of hydrogen-bond donors (Lipinski definition) is 2. The van der Waals surface area contributed by atoms with Crippen molar-refractivity contribution in [3.8, 4) is 0 Å². The average Bonchev–Trinajstić information content (AvgIpc) is 3.02. The summed E-state index contributed by atoms with van der Waals surface area (Å²) in [6.45, 7) is 0.739. The van der Waals surface area contributed by atoms with Gasteiger partial charge in [0.2, 0.25) is 5.91 Å². The average molecular weight is 303 g/mol. The van der Waals surface area contributed by atoms with Crippen molar-refractivity contribution in [2.75, 3.05) is 18.0 Å². The van der Waals surface area contributed by atoms with Gasteiger partial charge in [-0.3, -0.25) is 9.59 Å². The lowest BCUT2D eigenvalue weighted by Gasteiger charge is -2.34. The molecule has 0 spiro atoms. The molecule has 4 N–H and O–H groups in total. The molecule has 0 aromatic heterocycles. The van der Waals surface area contributed by atoms with Gasteiger partial charge >= 0.3 is 0 Å². The zero-order valence-electron chi connectivity index (χ0n) is 12.4. The molecular formula is C16H21N3O3. The summed E-state index contributed by atoms with van der Waals surface area (Å²) in [5.41, 5.74) is 12.9. The highest BCUT2D eigenvalue weighted by Crippen LogP contribution is 2.32. The van der Waals surface area contributed by atoms with Crippen molar-refractivity contribution in [3.63, 3.8) is 0 Å². The summed E-state index contributed by atoms with van der Waals surface area (Å²) >= 11 is 0. The molecule has 1 aromatic rings. The number of carbonyl (C=O) groups excluding carboxylic acids is 2. The van der Waals surface area contributed by atoms with E-state index in [9.17, 15) is 9.59 Å². The van der Waals surface area contributed by atoms with Gasteiger partial charge in [0, 0.05) is 18.8 Å². The molecule has 0 aliphatic carbocycles. The monoisotopic (exact) mass is 303 g/mol. The van der Waals surface area contributed by atoms with Crippen molar-refractivity contribution < 1.29 is 14.3 Å². The van der Waals surface area contributed by atoms with Crippen molar-refractivity contribution in [2.24, 2.45) is 17.4 Å². The number of rotatable bonds is 3. The van der Waals surface area contributed by atoms with Crippen molar-refractivity contribution in [1.82, 2.24) is 0 Å². The molecule has 0 radical (unpaired) electrons. The van der Waals surface area contributed by atoms with E-state index in [0.29, 0.717) is 25.9 Å². The van der Waals surface area contributed by atoms with Gasteiger partial charge in [-0.2, -0.15) is 0 Å². The van der Waals surface area contributed by atoms with Crippen LogP contribution in [0.4, 0.5) is 5.69 Å². The van der Waals surface area contributed by atoms with Gasteiger partial charge in [-0.15, -0.1) is 0 Å². The van der Waals surface area contributed by atoms with Gasteiger partial charge in [-0.1, -0.05) is 18.2 Å². The lowest BCUT2D eigenvalue weighted by Crippen LogP contribution is -2.48. The minimum Gasteiger partial charge on any atom is -0.369 e. The third kappa shape index (κ3) is 2.71. The van der Waals surface area contributed by atoms with Crippen LogP contribution < -0.4 is 16.4 Å². The molecule has 0 bridgehead atoms. The number of carbonyl (C=O) groups is 2. The summed E-state index contributed by atoms with van der Waals surface area (Å²) in [5.74, 6) is -0.834. The summed E-state index contributed by atoms with van der Waals surface area (Å²) in [5, 5.41) is 0. The van der Waals surface area contributed by atoms with E-state index in [1.54, 1.807) is 4.90 Å². The smallest absolute Gasteiger partial charge is 0.256 e. The van der Waals surface area contributed by atoms with Crippen LogP contribution in [0.5, 0.6) is 0 Å². The van der Waals surface area contributed by atoms with E-state index in [1.165, 1.54) is 0 Å². The van der Waals surface area contributed by atoms with Crippen LogP contribution in [-0.4, -0.2) is 37.1 Å². The maximum absolute atomic E-state index is 12.8. The normalized spacial score (nSPS) is 27.5. The van der Waals surface area contributed by atoms with Crippen LogP contribution >= 0.6 is 0 Å². The molecule has 1 aromatic carbocycles. The number of benzene rings is 1. The van der Waals surface area contributed by atoms with Gasteiger partial charge in [0.1, 0.15) is 6.10 Å². The summed E-state index contributed by atoms with van der Waals surface area (Å²) in [6, 6.07) is 7.63. The fourth-order valence-electron chi connectivity index (χ4n) is 3.23. The fraction of sp³-hybridized carbons (Fsp3) is 0.500. The summed E-state index contributed by atoms with van der Waals surface area (Å²) < 4.78 is 5.70. The van der Waals surface area contributed by atoms with E-state index in [0.717, 1.165) is 17.7 Å². The topological polar surface area (TPSA) is 98.7 Å². The van der Waals surface area contributed by atoms with E-state index in [-0.39, 0.29) is 23.8 Å². The Bertz CT molecular complexity index is 590. The van der Waals surface area contributed by atoms with Crippen LogP contribution in [0.1, 0.15) is 18.4 Å². The van der Waals surface area contributed by atoms with Crippen molar-refractivity contribution in [1.29, 1.82) is 0 Å². The number of amides is 2. The number of nitrogens with zero attached hydrogens (tertiary/aromatic N) is 1. The Kier molecular flexibility index (Phi) is 4.13. The Hall–Kier alpha value is -1.92. The molecule has 1 fully saturated rings. The largest absolute Gasteiger partial charge is 0.369 e. The van der Waals surface area contributed by atoms with Crippen LogP contribution in [0.2, 0.25) is 0 Å².